The third-order valence-corrected chi connectivity index (χ3v) is 2.85. The molecule has 1 heterocycles. The zero-order chi connectivity index (χ0) is 13.7. The molecule has 0 unspecified atom stereocenters. The van der Waals surface area contributed by atoms with Gasteiger partial charge in [-0.15, -0.1) is 5.10 Å². The van der Waals surface area contributed by atoms with E-state index in [9.17, 15) is 0 Å². The van der Waals surface area contributed by atoms with Crippen molar-refractivity contribution in [1.29, 1.82) is 0 Å². The summed E-state index contributed by atoms with van der Waals surface area (Å²) in [6, 6.07) is 6.00. The van der Waals surface area contributed by atoms with Gasteiger partial charge in [-0.05, 0) is 37.6 Å². The fraction of sp³-hybridized carbons (Fsp3) is 0.429. The van der Waals surface area contributed by atoms with E-state index in [-0.39, 0.29) is 0 Å². The molecule has 0 amide bonds. The highest BCUT2D eigenvalue weighted by Crippen LogP contribution is 2.23. The third-order valence-electron chi connectivity index (χ3n) is 2.85. The molecular formula is C14H20N4O. The van der Waals surface area contributed by atoms with E-state index in [2.05, 4.69) is 22.6 Å². The molecule has 1 aromatic heterocycles. The highest BCUT2D eigenvalue weighted by atomic mass is 16.5. The van der Waals surface area contributed by atoms with Crippen molar-refractivity contribution in [1.82, 2.24) is 20.3 Å². The molecule has 0 spiro atoms. The van der Waals surface area contributed by atoms with Gasteiger partial charge in [0.1, 0.15) is 11.4 Å². The maximum Gasteiger partial charge on any atom is 0.144 e. The number of ether oxygens (including phenoxy) is 1. The summed E-state index contributed by atoms with van der Waals surface area (Å²) < 4.78 is 7.12. The summed E-state index contributed by atoms with van der Waals surface area (Å²) >= 11 is 0. The molecule has 0 saturated heterocycles. The molecule has 19 heavy (non-hydrogen) atoms. The lowest BCUT2D eigenvalue weighted by Gasteiger charge is -2.08. The Morgan fingerprint density at radius 2 is 2.21 bits per heavy atom. The molecule has 1 N–H and O–H groups in total. The topological polar surface area (TPSA) is 52.0 Å². The zero-order valence-corrected chi connectivity index (χ0v) is 11.7. The molecule has 5 nitrogen and oxygen atoms in total. The average Bonchev–Trinajstić information content (AvgIpc) is 2.88. The second-order valence-corrected chi connectivity index (χ2v) is 4.51. The van der Waals surface area contributed by atoms with Crippen molar-refractivity contribution in [3.05, 3.63) is 35.7 Å². The molecule has 0 saturated carbocycles. The van der Waals surface area contributed by atoms with E-state index >= 15 is 0 Å². The van der Waals surface area contributed by atoms with Gasteiger partial charge in [-0.1, -0.05) is 18.2 Å². The van der Waals surface area contributed by atoms with E-state index in [1.807, 2.05) is 31.3 Å². The summed E-state index contributed by atoms with van der Waals surface area (Å²) in [5, 5.41) is 11.6. The molecule has 0 atom stereocenters. The Kier molecular flexibility index (Phi) is 4.52. The van der Waals surface area contributed by atoms with Gasteiger partial charge in [0.05, 0.1) is 19.0 Å². The number of rotatable bonds is 6. The minimum Gasteiger partial charge on any atom is -0.494 e. The second-order valence-electron chi connectivity index (χ2n) is 4.51. The first-order valence-corrected chi connectivity index (χ1v) is 6.51. The molecular weight excluding hydrogens is 240 g/mol. The average molecular weight is 260 g/mol. The fourth-order valence-corrected chi connectivity index (χ4v) is 1.87. The van der Waals surface area contributed by atoms with Crippen LogP contribution in [0.4, 0.5) is 0 Å². The molecule has 5 heteroatoms. The van der Waals surface area contributed by atoms with Crippen LogP contribution in [0, 0.1) is 6.92 Å². The number of hydrogen-bond acceptors (Lipinski definition) is 4. The summed E-state index contributed by atoms with van der Waals surface area (Å²) in [5.74, 6) is 0.795. The van der Waals surface area contributed by atoms with Crippen molar-refractivity contribution < 1.29 is 4.74 Å². The summed E-state index contributed by atoms with van der Waals surface area (Å²) in [4.78, 5) is 0. The predicted molar refractivity (Wildman–Crippen MR) is 74.6 cm³/mol. The Morgan fingerprint density at radius 1 is 1.37 bits per heavy atom. The van der Waals surface area contributed by atoms with Crippen molar-refractivity contribution >= 4 is 0 Å². The lowest BCUT2D eigenvalue weighted by molar-refractivity contribution is 0.411. The van der Waals surface area contributed by atoms with E-state index in [0.717, 1.165) is 42.2 Å². The quantitative estimate of drug-likeness (QED) is 0.808. The minimum atomic E-state index is 0.738. The maximum atomic E-state index is 5.36. The number of aryl methyl sites for hydroxylation is 1. The highest BCUT2D eigenvalue weighted by Gasteiger charge is 2.08. The lowest BCUT2D eigenvalue weighted by Crippen LogP contribution is -2.13. The minimum absolute atomic E-state index is 0.738. The van der Waals surface area contributed by atoms with Crippen LogP contribution in [0.2, 0.25) is 0 Å². The van der Waals surface area contributed by atoms with E-state index in [4.69, 9.17) is 4.74 Å². The van der Waals surface area contributed by atoms with Crippen molar-refractivity contribution in [2.24, 2.45) is 0 Å². The van der Waals surface area contributed by atoms with E-state index in [0.29, 0.717) is 0 Å². The molecule has 2 aromatic rings. The van der Waals surface area contributed by atoms with Crippen LogP contribution in [-0.4, -0.2) is 28.6 Å². The second kappa shape index (κ2) is 6.33. The molecule has 0 radical (unpaired) electrons. The Hall–Kier alpha value is -1.88. The molecule has 102 valence electrons. The van der Waals surface area contributed by atoms with Gasteiger partial charge in [-0.25, -0.2) is 4.68 Å². The van der Waals surface area contributed by atoms with Gasteiger partial charge in [0.25, 0.3) is 0 Å². The number of methoxy groups -OCH3 is 1. The number of benzene rings is 1. The monoisotopic (exact) mass is 260 g/mol. The van der Waals surface area contributed by atoms with Gasteiger partial charge in [0.2, 0.25) is 0 Å². The van der Waals surface area contributed by atoms with Gasteiger partial charge < -0.3 is 10.1 Å². The standard InChI is InChI=1S/C14H20N4O/c1-4-7-15-9-12-10-18(17-16-12)13-8-11(2)5-6-14(13)19-3/h5-6,8,10,15H,4,7,9H2,1-3H3. The Balaban J connectivity index is 2.20. The highest BCUT2D eigenvalue weighted by molar-refractivity contribution is 5.48. The molecule has 2 rings (SSSR count). The molecule has 0 fully saturated rings. The van der Waals surface area contributed by atoms with Crippen LogP contribution in [-0.2, 0) is 6.54 Å². The van der Waals surface area contributed by atoms with Crippen LogP contribution in [0.15, 0.2) is 24.4 Å². The van der Waals surface area contributed by atoms with Crippen LogP contribution >= 0.6 is 0 Å². The largest absolute Gasteiger partial charge is 0.494 e. The molecule has 1 aromatic carbocycles. The summed E-state index contributed by atoms with van der Waals surface area (Å²) in [6.07, 6.45) is 3.04. The Bertz CT molecular complexity index is 536. The Labute approximate surface area is 113 Å². The van der Waals surface area contributed by atoms with E-state index in [1.54, 1.807) is 11.8 Å². The number of aromatic nitrogens is 3. The van der Waals surface area contributed by atoms with Crippen LogP contribution in [0.25, 0.3) is 5.69 Å². The molecule has 0 bridgehead atoms. The third kappa shape index (κ3) is 3.32. The maximum absolute atomic E-state index is 5.36. The van der Waals surface area contributed by atoms with Crippen molar-refractivity contribution in [3.63, 3.8) is 0 Å². The Morgan fingerprint density at radius 3 is 2.95 bits per heavy atom. The number of hydrogen-bond donors (Lipinski definition) is 1. The van der Waals surface area contributed by atoms with Crippen LogP contribution in [0.3, 0.4) is 0 Å². The van der Waals surface area contributed by atoms with Crippen molar-refractivity contribution in [2.45, 2.75) is 26.8 Å². The smallest absolute Gasteiger partial charge is 0.144 e. The molecule has 0 aliphatic heterocycles. The SMILES string of the molecule is CCCNCc1cn(-c2cc(C)ccc2OC)nn1. The predicted octanol–water partition coefficient (Wildman–Crippen LogP) is 2.08. The van der Waals surface area contributed by atoms with Crippen LogP contribution in [0.1, 0.15) is 24.6 Å². The van der Waals surface area contributed by atoms with Crippen molar-refractivity contribution in [2.75, 3.05) is 13.7 Å². The molecule has 0 aliphatic carbocycles. The van der Waals surface area contributed by atoms with Gasteiger partial charge >= 0.3 is 0 Å². The van der Waals surface area contributed by atoms with E-state index in [1.165, 1.54) is 0 Å². The van der Waals surface area contributed by atoms with Crippen LogP contribution < -0.4 is 10.1 Å². The first-order chi connectivity index (χ1) is 9.24. The normalized spacial score (nSPS) is 10.7. The van der Waals surface area contributed by atoms with Gasteiger partial charge in [0.15, 0.2) is 0 Å². The first-order valence-electron chi connectivity index (χ1n) is 6.51. The number of nitrogens with one attached hydrogen (secondary N) is 1. The van der Waals surface area contributed by atoms with Crippen LogP contribution in [0.5, 0.6) is 5.75 Å². The van der Waals surface area contributed by atoms with Gasteiger partial charge in [-0.3, -0.25) is 0 Å². The summed E-state index contributed by atoms with van der Waals surface area (Å²) in [7, 11) is 1.66. The van der Waals surface area contributed by atoms with Gasteiger partial charge in [0, 0.05) is 6.54 Å². The van der Waals surface area contributed by atoms with Crippen molar-refractivity contribution in [3.8, 4) is 11.4 Å². The number of nitrogens with zero attached hydrogens (tertiary/aromatic N) is 3. The van der Waals surface area contributed by atoms with Gasteiger partial charge in [-0.2, -0.15) is 0 Å². The van der Waals surface area contributed by atoms with E-state index < -0.39 is 0 Å². The summed E-state index contributed by atoms with van der Waals surface area (Å²) in [6.45, 7) is 5.91. The molecule has 0 aliphatic rings. The first kappa shape index (κ1) is 13.5. The summed E-state index contributed by atoms with van der Waals surface area (Å²) in [5.41, 5.74) is 3.01. The zero-order valence-electron chi connectivity index (χ0n) is 11.7. The lowest BCUT2D eigenvalue weighted by atomic mass is 10.2. The fourth-order valence-electron chi connectivity index (χ4n) is 1.87.